The fourth-order valence-corrected chi connectivity index (χ4v) is 4.06. The van der Waals surface area contributed by atoms with Crippen LogP contribution >= 0.6 is 0 Å². The van der Waals surface area contributed by atoms with E-state index in [2.05, 4.69) is 5.32 Å². The Morgan fingerprint density at radius 3 is 2.19 bits per heavy atom. The van der Waals surface area contributed by atoms with Crippen LogP contribution in [0.2, 0.25) is 0 Å². The van der Waals surface area contributed by atoms with Crippen LogP contribution in [0, 0.1) is 17.6 Å². The van der Waals surface area contributed by atoms with Crippen molar-refractivity contribution in [2.75, 3.05) is 13.2 Å². The van der Waals surface area contributed by atoms with E-state index in [-0.39, 0.29) is 31.1 Å². The third-order valence-corrected chi connectivity index (χ3v) is 5.67. The smallest absolute Gasteiger partial charge is 0.407 e. The quantitative estimate of drug-likeness (QED) is 0.560. The number of alkyl carbamates (subject to hydrolysis) is 1. The summed E-state index contributed by atoms with van der Waals surface area (Å²) in [6.07, 6.45) is -0.942. The molecule has 0 saturated carbocycles. The van der Waals surface area contributed by atoms with Gasteiger partial charge in [0, 0.05) is 18.5 Å². The maximum Gasteiger partial charge on any atom is 0.407 e. The van der Waals surface area contributed by atoms with E-state index in [9.17, 15) is 23.5 Å². The Bertz CT molecular complexity index is 1120. The molecule has 0 bridgehead atoms. The number of ether oxygens (including phenoxy) is 1. The second-order valence-electron chi connectivity index (χ2n) is 7.68. The van der Waals surface area contributed by atoms with Gasteiger partial charge in [-0.15, -0.1) is 0 Å². The van der Waals surface area contributed by atoms with E-state index in [0.717, 1.165) is 28.3 Å². The summed E-state index contributed by atoms with van der Waals surface area (Å²) < 4.78 is 32.3. The number of hydrogen-bond acceptors (Lipinski definition) is 3. The first kappa shape index (κ1) is 21.5. The second kappa shape index (κ2) is 9.18. The molecule has 1 unspecified atom stereocenters. The number of amides is 1. The highest BCUT2D eigenvalue weighted by Crippen LogP contribution is 2.44. The van der Waals surface area contributed by atoms with Crippen LogP contribution in [0.1, 0.15) is 22.6 Å². The number of benzene rings is 3. The van der Waals surface area contributed by atoms with Crippen molar-refractivity contribution >= 4 is 12.1 Å². The van der Waals surface area contributed by atoms with Crippen LogP contribution in [0.3, 0.4) is 0 Å². The van der Waals surface area contributed by atoms with Crippen LogP contribution in [-0.4, -0.2) is 30.3 Å². The molecule has 4 rings (SSSR count). The molecular weight excluding hydrogens is 416 g/mol. The maximum atomic E-state index is 13.9. The van der Waals surface area contributed by atoms with Gasteiger partial charge in [-0.05, 0) is 40.3 Å². The highest BCUT2D eigenvalue weighted by Gasteiger charge is 2.29. The van der Waals surface area contributed by atoms with E-state index in [0.29, 0.717) is 6.07 Å². The Hall–Kier alpha value is -3.74. The molecule has 1 aliphatic carbocycles. The molecule has 1 amide bonds. The van der Waals surface area contributed by atoms with Gasteiger partial charge in [-0.2, -0.15) is 0 Å². The number of aliphatic carboxylic acids is 1. The van der Waals surface area contributed by atoms with Gasteiger partial charge in [0.05, 0.1) is 5.92 Å². The van der Waals surface area contributed by atoms with E-state index in [1.54, 1.807) is 0 Å². The molecule has 0 fully saturated rings. The Balaban J connectivity index is 1.37. The summed E-state index contributed by atoms with van der Waals surface area (Å²) >= 11 is 0. The summed E-state index contributed by atoms with van der Waals surface area (Å²) in [5.41, 5.74) is 4.40. The van der Waals surface area contributed by atoms with Crippen LogP contribution in [0.25, 0.3) is 11.1 Å². The minimum Gasteiger partial charge on any atom is -0.481 e. The number of carboxylic acid groups (broad SMARTS) is 1. The van der Waals surface area contributed by atoms with Crippen molar-refractivity contribution in [1.29, 1.82) is 0 Å². The molecule has 0 spiro atoms. The molecule has 32 heavy (non-hydrogen) atoms. The number of carboxylic acids is 1. The fraction of sp³-hybridized carbons (Fsp3) is 0.200. The number of halogens is 2. The first-order valence-electron chi connectivity index (χ1n) is 10.2. The maximum absolute atomic E-state index is 13.9. The van der Waals surface area contributed by atoms with Crippen LogP contribution in [0.15, 0.2) is 66.7 Å². The normalized spacial score (nSPS) is 13.2. The van der Waals surface area contributed by atoms with Gasteiger partial charge in [-0.25, -0.2) is 13.6 Å². The molecule has 0 aliphatic heterocycles. The van der Waals surface area contributed by atoms with Crippen LogP contribution in [0.5, 0.6) is 0 Å². The highest BCUT2D eigenvalue weighted by atomic mass is 19.1. The predicted molar refractivity (Wildman–Crippen MR) is 114 cm³/mol. The van der Waals surface area contributed by atoms with Gasteiger partial charge in [-0.1, -0.05) is 54.6 Å². The summed E-state index contributed by atoms with van der Waals surface area (Å²) in [5.74, 6) is -3.97. The van der Waals surface area contributed by atoms with Crippen molar-refractivity contribution in [1.82, 2.24) is 5.32 Å². The molecule has 2 N–H and O–H groups in total. The molecule has 0 aromatic heterocycles. The molecule has 1 aliphatic rings. The van der Waals surface area contributed by atoms with Crippen LogP contribution in [-0.2, 0) is 16.0 Å². The molecular formula is C25H21F2NO4. The Kier molecular flexibility index (Phi) is 6.16. The van der Waals surface area contributed by atoms with Crippen molar-refractivity contribution in [3.63, 3.8) is 0 Å². The van der Waals surface area contributed by atoms with Crippen LogP contribution < -0.4 is 5.32 Å². The van der Waals surface area contributed by atoms with E-state index < -0.39 is 29.6 Å². The van der Waals surface area contributed by atoms with Crippen molar-refractivity contribution in [2.24, 2.45) is 5.92 Å². The van der Waals surface area contributed by atoms with Gasteiger partial charge in [-0.3, -0.25) is 4.79 Å². The monoisotopic (exact) mass is 437 g/mol. The number of rotatable bonds is 7. The third-order valence-electron chi connectivity index (χ3n) is 5.67. The number of hydrogen-bond donors (Lipinski definition) is 2. The Morgan fingerprint density at radius 1 is 0.969 bits per heavy atom. The van der Waals surface area contributed by atoms with E-state index >= 15 is 0 Å². The average molecular weight is 437 g/mol. The van der Waals surface area contributed by atoms with Gasteiger partial charge in [0.1, 0.15) is 18.2 Å². The van der Waals surface area contributed by atoms with Gasteiger partial charge in [0.25, 0.3) is 0 Å². The largest absolute Gasteiger partial charge is 0.481 e. The molecule has 0 heterocycles. The SMILES string of the molecule is O=C(NCC(Cc1ccc(F)cc1F)C(=O)O)OCC1c2ccccc2-c2ccccc21. The number of carbonyl (C=O) groups excluding carboxylic acids is 1. The minimum absolute atomic E-state index is 0.0631. The number of nitrogens with one attached hydrogen (secondary N) is 1. The average Bonchev–Trinajstić information content (AvgIpc) is 3.10. The Labute approximate surface area is 183 Å². The van der Waals surface area contributed by atoms with Gasteiger partial charge in [0.15, 0.2) is 0 Å². The zero-order valence-electron chi connectivity index (χ0n) is 17.1. The van der Waals surface area contributed by atoms with Gasteiger partial charge < -0.3 is 15.2 Å². The molecule has 5 nitrogen and oxygen atoms in total. The molecule has 0 radical (unpaired) electrons. The molecule has 7 heteroatoms. The fourth-order valence-electron chi connectivity index (χ4n) is 4.06. The topological polar surface area (TPSA) is 75.6 Å². The zero-order chi connectivity index (χ0) is 22.7. The summed E-state index contributed by atoms with van der Waals surface area (Å²) in [7, 11) is 0. The highest BCUT2D eigenvalue weighted by molar-refractivity contribution is 5.79. The molecule has 164 valence electrons. The second-order valence-corrected chi connectivity index (χ2v) is 7.68. The summed E-state index contributed by atoms with van der Waals surface area (Å²) in [4.78, 5) is 23.8. The van der Waals surface area contributed by atoms with Crippen molar-refractivity contribution in [3.05, 3.63) is 95.1 Å². The van der Waals surface area contributed by atoms with Gasteiger partial charge in [0.2, 0.25) is 0 Å². The van der Waals surface area contributed by atoms with Crippen molar-refractivity contribution in [3.8, 4) is 11.1 Å². The first-order chi connectivity index (χ1) is 15.4. The zero-order valence-corrected chi connectivity index (χ0v) is 17.1. The lowest BCUT2D eigenvalue weighted by Gasteiger charge is -2.16. The standard InChI is InChI=1S/C25H21F2NO4/c26-17-10-9-15(23(27)12-17)11-16(24(29)30)13-28-25(31)32-14-22-20-7-3-1-5-18(20)19-6-2-4-8-21(19)22/h1-10,12,16,22H,11,13-14H2,(H,28,31)(H,29,30). The summed E-state index contributed by atoms with van der Waals surface area (Å²) in [6, 6.07) is 18.8. The van der Waals surface area contributed by atoms with E-state index in [4.69, 9.17) is 4.74 Å². The summed E-state index contributed by atoms with van der Waals surface area (Å²) in [6.45, 7) is -0.146. The predicted octanol–water partition coefficient (Wildman–Crippen LogP) is 4.75. The molecule has 3 aromatic carbocycles. The van der Waals surface area contributed by atoms with Crippen molar-refractivity contribution in [2.45, 2.75) is 12.3 Å². The molecule has 1 atom stereocenters. The van der Waals surface area contributed by atoms with E-state index in [1.807, 2.05) is 48.5 Å². The molecule has 0 saturated heterocycles. The molecule has 3 aromatic rings. The minimum atomic E-state index is -1.20. The van der Waals surface area contributed by atoms with Crippen molar-refractivity contribution < 1.29 is 28.2 Å². The lowest BCUT2D eigenvalue weighted by Crippen LogP contribution is -2.35. The Morgan fingerprint density at radius 2 is 1.59 bits per heavy atom. The lowest BCUT2D eigenvalue weighted by atomic mass is 9.98. The third kappa shape index (κ3) is 4.46. The van der Waals surface area contributed by atoms with E-state index in [1.165, 1.54) is 6.07 Å². The number of fused-ring (bicyclic) bond motifs is 3. The van der Waals surface area contributed by atoms with Crippen LogP contribution in [0.4, 0.5) is 13.6 Å². The first-order valence-corrected chi connectivity index (χ1v) is 10.2. The van der Waals surface area contributed by atoms with Gasteiger partial charge >= 0.3 is 12.1 Å². The summed E-state index contributed by atoms with van der Waals surface area (Å²) in [5, 5.41) is 11.9. The lowest BCUT2D eigenvalue weighted by molar-refractivity contribution is -0.141. The number of carbonyl (C=O) groups is 2.